The Morgan fingerprint density at radius 3 is 2.87 bits per heavy atom. The van der Waals surface area contributed by atoms with Crippen LogP contribution in [-0.2, 0) is 11.2 Å². The van der Waals surface area contributed by atoms with Gasteiger partial charge in [0.15, 0.2) is 0 Å². The van der Waals surface area contributed by atoms with Gasteiger partial charge in [0.05, 0.1) is 0 Å². The quantitative estimate of drug-likeness (QED) is 0.896. The van der Waals surface area contributed by atoms with Crippen molar-refractivity contribution in [2.75, 3.05) is 0 Å². The molecule has 2 N–H and O–H groups in total. The number of halogens is 1. The summed E-state index contributed by atoms with van der Waals surface area (Å²) in [5.41, 5.74) is 7.45. The topological polar surface area (TPSA) is 43.1 Å². The second kappa shape index (κ2) is 5.71. The third kappa shape index (κ3) is 3.88. The van der Waals surface area contributed by atoms with Crippen molar-refractivity contribution in [2.24, 2.45) is 5.73 Å². The second-order valence-corrected chi connectivity index (χ2v) is 4.19. The molecule has 0 saturated heterocycles. The number of rotatable bonds is 4. The predicted molar refractivity (Wildman–Crippen MR) is 66.4 cm³/mol. The lowest BCUT2D eigenvalue weighted by molar-refractivity contribution is -0.117. The van der Waals surface area contributed by atoms with Gasteiger partial charge in [-0.25, -0.2) is 0 Å². The Morgan fingerprint density at radius 2 is 2.27 bits per heavy atom. The minimum atomic E-state index is -0.304. The first kappa shape index (κ1) is 12.0. The lowest BCUT2D eigenvalue weighted by Crippen LogP contribution is -2.07. The number of hydrogen-bond donors (Lipinski definition) is 1. The maximum absolute atomic E-state index is 10.6. The molecule has 0 unspecified atom stereocenters. The number of aryl methyl sites for hydroxylation is 1. The average Bonchev–Trinajstić information content (AvgIpc) is 2.19. The standard InChI is InChI=1S/C12H14BrNO/c1-2-9-8-11(13)7-6-10(9)4-3-5-12(14)15/h3-4,6-8H,2,5H2,1H3,(H2,14,15). The van der Waals surface area contributed by atoms with Crippen LogP contribution in [0.25, 0.3) is 6.08 Å². The molecule has 1 aromatic carbocycles. The predicted octanol–water partition coefficient (Wildman–Crippen LogP) is 2.90. The fourth-order valence-corrected chi connectivity index (χ4v) is 1.75. The van der Waals surface area contributed by atoms with Crippen molar-refractivity contribution >= 4 is 27.9 Å². The van der Waals surface area contributed by atoms with Gasteiger partial charge in [-0.3, -0.25) is 4.79 Å². The molecule has 0 aliphatic carbocycles. The van der Waals surface area contributed by atoms with Gasteiger partial charge in [0.2, 0.25) is 5.91 Å². The summed E-state index contributed by atoms with van der Waals surface area (Å²) in [7, 11) is 0. The van der Waals surface area contributed by atoms with E-state index in [4.69, 9.17) is 5.73 Å². The molecule has 80 valence electrons. The first-order valence-electron chi connectivity index (χ1n) is 4.86. The number of nitrogens with two attached hydrogens (primary N) is 1. The number of hydrogen-bond acceptors (Lipinski definition) is 1. The van der Waals surface area contributed by atoms with Crippen LogP contribution in [0.3, 0.4) is 0 Å². The molecule has 0 bridgehead atoms. The molecule has 0 radical (unpaired) electrons. The molecule has 0 spiro atoms. The first-order chi connectivity index (χ1) is 7.13. The van der Waals surface area contributed by atoms with Crippen LogP contribution in [0.5, 0.6) is 0 Å². The highest BCUT2D eigenvalue weighted by molar-refractivity contribution is 9.10. The molecule has 3 heteroatoms. The molecule has 1 rings (SSSR count). The van der Waals surface area contributed by atoms with Gasteiger partial charge in [-0.2, -0.15) is 0 Å². The Kier molecular flexibility index (Phi) is 4.56. The maximum Gasteiger partial charge on any atom is 0.221 e. The third-order valence-corrected chi connectivity index (χ3v) is 2.60. The average molecular weight is 268 g/mol. The summed E-state index contributed by atoms with van der Waals surface area (Å²) in [6.07, 6.45) is 5.00. The van der Waals surface area contributed by atoms with Crippen LogP contribution in [-0.4, -0.2) is 5.91 Å². The zero-order valence-corrected chi connectivity index (χ0v) is 10.3. The van der Waals surface area contributed by atoms with Gasteiger partial charge in [0, 0.05) is 10.9 Å². The summed E-state index contributed by atoms with van der Waals surface area (Å²) in [4.78, 5) is 10.6. The molecule has 0 aliphatic rings. The second-order valence-electron chi connectivity index (χ2n) is 3.27. The maximum atomic E-state index is 10.6. The van der Waals surface area contributed by atoms with Crippen LogP contribution in [0, 0.1) is 0 Å². The molecular weight excluding hydrogens is 254 g/mol. The number of primary amides is 1. The molecule has 2 nitrogen and oxygen atoms in total. The van der Waals surface area contributed by atoms with Crippen molar-refractivity contribution < 1.29 is 4.79 Å². The Labute approximate surface area is 98.3 Å². The van der Waals surface area contributed by atoms with Gasteiger partial charge in [0.1, 0.15) is 0 Å². The Balaban J connectivity index is 2.84. The summed E-state index contributed by atoms with van der Waals surface area (Å²) < 4.78 is 1.08. The van der Waals surface area contributed by atoms with Crippen molar-refractivity contribution in [1.82, 2.24) is 0 Å². The zero-order valence-electron chi connectivity index (χ0n) is 8.66. The third-order valence-electron chi connectivity index (χ3n) is 2.10. The molecule has 0 aliphatic heterocycles. The van der Waals surface area contributed by atoms with E-state index in [0.29, 0.717) is 6.42 Å². The van der Waals surface area contributed by atoms with Crippen molar-refractivity contribution in [3.05, 3.63) is 39.9 Å². The Bertz CT molecular complexity index is 385. The largest absolute Gasteiger partial charge is 0.369 e. The van der Waals surface area contributed by atoms with Crippen molar-refractivity contribution in [3.8, 4) is 0 Å². The highest BCUT2D eigenvalue weighted by Crippen LogP contribution is 2.18. The van der Waals surface area contributed by atoms with Gasteiger partial charge >= 0.3 is 0 Å². The van der Waals surface area contributed by atoms with E-state index in [2.05, 4.69) is 28.9 Å². The van der Waals surface area contributed by atoms with Gasteiger partial charge < -0.3 is 5.73 Å². The van der Waals surface area contributed by atoms with Crippen molar-refractivity contribution in [3.63, 3.8) is 0 Å². The smallest absolute Gasteiger partial charge is 0.221 e. The van der Waals surface area contributed by atoms with E-state index in [1.54, 1.807) is 6.08 Å². The van der Waals surface area contributed by atoms with Crippen molar-refractivity contribution in [1.29, 1.82) is 0 Å². The van der Waals surface area contributed by atoms with Gasteiger partial charge in [-0.1, -0.05) is 41.1 Å². The van der Waals surface area contributed by atoms with Crippen LogP contribution in [0.15, 0.2) is 28.7 Å². The molecule has 0 fully saturated rings. The highest BCUT2D eigenvalue weighted by atomic mass is 79.9. The normalized spacial score (nSPS) is 10.8. The van der Waals surface area contributed by atoms with Gasteiger partial charge in [0.25, 0.3) is 0 Å². The molecule has 15 heavy (non-hydrogen) atoms. The van der Waals surface area contributed by atoms with Gasteiger partial charge in [-0.15, -0.1) is 0 Å². The monoisotopic (exact) mass is 267 g/mol. The first-order valence-corrected chi connectivity index (χ1v) is 5.66. The van der Waals surface area contributed by atoms with E-state index >= 15 is 0 Å². The summed E-state index contributed by atoms with van der Waals surface area (Å²) in [6, 6.07) is 6.10. The summed E-state index contributed by atoms with van der Waals surface area (Å²) in [5.74, 6) is -0.304. The van der Waals surface area contributed by atoms with Crippen LogP contribution in [0.4, 0.5) is 0 Å². The highest BCUT2D eigenvalue weighted by Gasteiger charge is 1.98. The molecule has 0 aromatic heterocycles. The van der Waals surface area contributed by atoms with E-state index in [0.717, 1.165) is 16.5 Å². The van der Waals surface area contributed by atoms with Crippen LogP contribution in [0.1, 0.15) is 24.5 Å². The van der Waals surface area contributed by atoms with E-state index in [9.17, 15) is 4.79 Å². The van der Waals surface area contributed by atoms with E-state index in [1.807, 2.05) is 18.2 Å². The molecular formula is C12H14BrNO. The summed E-state index contributed by atoms with van der Waals surface area (Å²) >= 11 is 3.43. The van der Waals surface area contributed by atoms with Crippen LogP contribution >= 0.6 is 15.9 Å². The Morgan fingerprint density at radius 1 is 1.53 bits per heavy atom. The van der Waals surface area contributed by atoms with Crippen LogP contribution in [0.2, 0.25) is 0 Å². The molecule has 1 amide bonds. The summed E-state index contributed by atoms with van der Waals surface area (Å²) in [5, 5.41) is 0. The summed E-state index contributed by atoms with van der Waals surface area (Å²) in [6.45, 7) is 2.10. The SMILES string of the molecule is CCc1cc(Br)ccc1C=CCC(N)=O. The van der Waals surface area contributed by atoms with E-state index in [1.165, 1.54) is 5.56 Å². The minimum absolute atomic E-state index is 0.291. The number of amides is 1. The van der Waals surface area contributed by atoms with Crippen molar-refractivity contribution in [2.45, 2.75) is 19.8 Å². The molecule has 0 saturated carbocycles. The zero-order chi connectivity index (χ0) is 11.3. The fraction of sp³-hybridized carbons (Fsp3) is 0.250. The Hall–Kier alpha value is -1.09. The van der Waals surface area contributed by atoms with Crippen LogP contribution < -0.4 is 5.73 Å². The van der Waals surface area contributed by atoms with E-state index in [-0.39, 0.29) is 5.91 Å². The minimum Gasteiger partial charge on any atom is -0.369 e. The lowest BCUT2D eigenvalue weighted by atomic mass is 10.0. The molecule has 0 atom stereocenters. The lowest BCUT2D eigenvalue weighted by Gasteiger charge is -2.03. The fourth-order valence-electron chi connectivity index (χ4n) is 1.35. The number of carbonyl (C=O) groups is 1. The molecule has 0 heterocycles. The van der Waals surface area contributed by atoms with E-state index < -0.39 is 0 Å². The number of carbonyl (C=O) groups excluding carboxylic acids is 1. The molecule has 1 aromatic rings. The van der Waals surface area contributed by atoms with Gasteiger partial charge in [-0.05, 0) is 29.7 Å². The number of benzene rings is 1.